The zero-order chi connectivity index (χ0) is 11.4. The molecule has 0 amide bonds. The van der Waals surface area contributed by atoms with Gasteiger partial charge in [0.2, 0.25) is 11.8 Å². The number of nitrogens with zero attached hydrogens (tertiary/aromatic N) is 3. The molecule has 0 saturated heterocycles. The van der Waals surface area contributed by atoms with E-state index in [0.717, 1.165) is 11.8 Å². The first-order valence-electron chi connectivity index (χ1n) is 4.76. The zero-order valence-electron chi connectivity index (χ0n) is 8.60. The van der Waals surface area contributed by atoms with Crippen LogP contribution in [-0.2, 0) is 0 Å². The van der Waals surface area contributed by atoms with Gasteiger partial charge in [-0.05, 0) is 6.42 Å². The van der Waals surface area contributed by atoms with Gasteiger partial charge in [0.15, 0.2) is 5.65 Å². The fourth-order valence-corrected chi connectivity index (χ4v) is 1.22. The van der Waals surface area contributed by atoms with Crippen LogP contribution in [0.2, 0.25) is 0 Å². The summed E-state index contributed by atoms with van der Waals surface area (Å²) >= 11 is 0. The smallest absolute Gasteiger partial charge is 0.242 e. The van der Waals surface area contributed by atoms with Gasteiger partial charge in [-0.2, -0.15) is 15.1 Å². The molecule has 0 saturated carbocycles. The van der Waals surface area contributed by atoms with Crippen molar-refractivity contribution >= 4 is 17.0 Å². The van der Waals surface area contributed by atoms with Gasteiger partial charge in [-0.3, -0.25) is 10.5 Å². The number of nitrogen functional groups attached to an aromatic ring is 1. The Labute approximate surface area is 91.7 Å². The molecule has 0 spiro atoms. The number of aromatic amines is 1. The van der Waals surface area contributed by atoms with Crippen molar-refractivity contribution in [3.63, 3.8) is 0 Å². The van der Waals surface area contributed by atoms with Crippen LogP contribution >= 0.6 is 0 Å². The Kier molecular flexibility index (Phi) is 2.97. The van der Waals surface area contributed by atoms with Gasteiger partial charge >= 0.3 is 0 Å². The quantitative estimate of drug-likeness (QED) is 0.295. The number of fused-ring (bicyclic) bond motifs is 1. The lowest BCUT2D eigenvalue weighted by atomic mass is 10.4. The minimum absolute atomic E-state index is 0.283. The predicted molar refractivity (Wildman–Crippen MR) is 59.8 cm³/mol. The van der Waals surface area contributed by atoms with Crippen molar-refractivity contribution in [2.24, 2.45) is 5.84 Å². The molecule has 0 aromatic carbocycles. The number of nitrogens with two attached hydrogens (primary N) is 1. The van der Waals surface area contributed by atoms with Gasteiger partial charge in [0.05, 0.1) is 12.8 Å². The van der Waals surface area contributed by atoms with Crippen LogP contribution < -0.4 is 16.0 Å². The van der Waals surface area contributed by atoms with Crippen molar-refractivity contribution in [3.8, 4) is 5.88 Å². The van der Waals surface area contributed by atoms with E-state index in [-0.39, 0.29) is 5.95 Å². The molecule has 0 aliphatic heterocycles. The van der Waals surface area contributed by atoms with E-state index in [4.69, 9.17) is 10.6 Å². The minimum Gasteiger partial charge on any atom is -0.477 e. The lowest BCUT2D eigenvalue weighted by Gasteiger charge is -2.05. The topological polar surface area (TPSA) is 102 Å². The van der Waals surface area contributed by atoms with E-state index in [1.807, 2.05) is 0 Å². The highest BCUT2D eigenvalue weighted by molar-refractivity contribution is 5.80. The van der Waals surface area contributed by atoms with E-state index < -0.39 is 0 Å². The molecule has 0 aliphatic rings. The number of H-pyrrole nitrogens is 1. The Hall–Kier alpha value is -2.15. The van der Waals surface area contributed by atoms with E-state index in [1.54, 1.807) is 12.3 Å². The molecular weight excluding hydrogens is 208 g/mol. The van der Waals surface area contributed by atoms with Crippen LogP contribution in [0, 0.1) is 0 Å². The van der Waals surface area contributed by atoms with E-state index >= 15 is 0 Å². The summed E-state index contributed by atoms with van der Waals surface area (Å²) in [5.41, 5.74) is 2.95. The third-order valence-corrected chi connectivity index (χ3v) is 1.96. The molecule has 16 heavy (non-hydrogen) atoms. The normalized spacial score (nSPS) is 10.3. The summed E-state index contributed by atoms with van der Waals surface area (Å²) in [4.78, 5) is 8.18. The molecule has 84 valence electrons. The van der Waals surface area contributed by atoms with Gasteiger partial charge in [-0.15, -0.1) is 6.58 Å². The third-order valence-electron chi connectivity index (χ3n) is 1.96. The van der Waals surface area contributed by atoms with Crippen molar-refractivity contribution in [1.29, 1.82) is 0 Å². The van der Waals surface area contributed by atoms with Crippen molar-refractivity contribution in [3.05, 3.63) is 18.9 Å². The Morgan fingerprint density at radius 1 is 1.56 bits per heavy atom. The number of hydrogen-bond acceptors (Lipinski definition) is 6. The lowest BCUT2D eigenvalue weighted by molar-refractivity contribution is 0.316. The average molecular weight is 220 g/mol. The van der Waals surface area contributed by atoms with E-state index in [1.165, 1.54) is 0 Å². The Morgan fingerprint density at radius 2 is 2.44 bits per heavy atom. The molecule has 0 bridgehead atoms. The number of rotatable bonds is 5. The molecule has 0 unspecified atom stereocenters. The summed E-state index contributed by atoms with van der Waals surface area (Å²) < 4.78 is 5.48. The maximum atomic E-state index is 5.48. The number of nitrogens with one attached hydrogen (secondary N) is 2. The molecule has 0 atom stereocenters. The molecule has 2 aromatic heterocycles. The Bertz CT molecular complexity index is 494. The van der Waals surface area contributed by atoms with E-state index in [9.17, 15) is 0 Å². The van der Waals surface area contributed by atoms with E-state index in [2.05, 4.69) is 32.2 Å². The van der Waals surface area contributed by atoms with E-state index in [0.29, 0.717) is 18.1 Å². The fraction of sp³-hybridized carbons (Fsp3) is 0.222. The Balaban J connectivity index is 2.32. The molecule has 2 aromatic rings. The highest BCUT2D eigenvalue weighted by Crippen LogP contribution is 2.21. The number of hydrazine groups is 1. The second-order valence-corrected chi connectivity index (χ2v) is 3.05. The number of aromatic nitrogens is 4. The molecule has 7 nitrogen and oxygen atoms in total. The molecular formula is C9H12N6O. The first-order chi connectivity index (χ1) is 7.85. The van der Waals surface area contributed by atoms with Gasteiger partial charge in [-0.1, -0.05) is 6.08 Å². The van der Waals surface area contributed by atoms with Crippen molar-refractivity contribution in [2.45, 2.75) is 6.42 Å². The van der Waals surface area contributed by atoms with Gasteiger partial charge < -0.3 is 4.74 Å². The average Bonchev–Trinajstić information content (AvgIpc) is 2.77. The molecule has 2 heterocycles. The fourth-order valence-electron chi connectivity index (χ4n) is 1.22. The monoisotopic (exact) mass is 220 g/mol. The molecule has 0 fully saturated rings. The molecule has 7 heteroatoms. The lowest BCUT2D eigenvalue weighted by Crippen LogP contribution is -2.11. The largest absolute Gasteiger partial charge is 0.477 e. The van der Waals surface area contributed by atoms with Gasteiger partial charge in [0.25, 0.3) is 0 Å². The summed E-state index contributed by atoms with van der Waals surface area (Å²) in [6.07, 6.45) is 4.13. The number of anilines is 1. The molecule has 0 radical (unpaired) electrons. The second kappa shape index (κ2) is 4.58. The van der Waals surface area contributed by atoms with Crippen molar-refractivity contribution in [1.82, 2.24) is 20.2 Å². The number of ether oxygens (including phenoxy) is 1. The maximum Gasteiger partial charge on any atom is 0.242 e. The highest BCUT2D eigenvalue weighted by Gasteiger charge is 2.09. The van der Waals surface area contributed by atoms with Gasteiger partial charge in [-0.25, -0.2) is 5.84 Å². The van der Waals surface area contributed by atoms with Crippen LogP contribution in [0.15, 0.2) is 18.9 Å². The standard InChI is InChI=1S/C9H12N6O/c1-2-3-4-16-8-6-5-11-15-7(6)12-9(13-8)14-10/h2,5H,1,3-4,10H2,(H2,11,12,13,14,15). The Morgan fingerprint density at radius 3 is 3.19 bits per heavy atom. The highest BCUT2D eigenvalue weighted by atomic mass is 16.5. The summed E-state index contributed by atoms with van der Waals surface area (Å²) in [5, 5.41) is 7.32. The maximum absolute atomic E-state index is 5.48. The number of hydrogen-bond donors (Lipinski definition) is 3. The van der Waals surface area contributed by atoms with Gasteiger partial charge in [0, 0.05) is 0 Å². The van der Waals surface area contributed by atoms with Crippen LogP contribution in [0.5, 0.6) is 5.88 Å². The third kappa shape index (κ3) is 1.94. The molecule has 2 rings (SSSR count). The summed E-state index contributed by atoms with van der Waals surface area (Å²) in [5.74, 6) is 5.99. The second-order valence-electron chi connectivity index (χ2n) is 3.05. The van der Waals surface area contributed by atoms with Gasteiger partial charge in [0.1, 0.15) is 5.39 Å². The molecule has 4 N–H and O–H groups in total. The summed E-state index contributed by atoms with van der Waals surface area (Å²) in [6, 6.07) is 0. The first-order valence-corrected chi connectivity index (χ1v) is 4.76. The predicted octanol–water partition coefficient (Wildman–Crippen LogP) is 0.593. The SMILES string of the molecule is C=CCCOc1nc(NN)nc2[nH]ncc12. The van der Waals surface area contributed by atoms with Crippen molar-refractivity contribution in [2.75, 3.05) is 12.0 Å². The van der Waals surface area contributed by atoms with Crippen LogP contribution in [0.4, 0.5) is 5.95 Å². The van der Waals surface area contributed by atoms with Crippen LogP contribution in [0.3, 0.4) is 0 Å². The van der Waals surface area contributed by atoms with Crippen LogP contribution in [-0.4, -0.2) is 26.8 Å². The molecule has 0 aliphatic carbocycles. The first kappa shape index (κ1) is 10.4. The minimum atomic E-state index is 0.283. The zero-order valence-corrected chi connectivity index (χ0v) is 8.60. The van der Waals surface area contributed by atoms with Crippen molar-refractivity contribution < 1.29 is 4.74 Å². The summed E-state index contributed by atoms with van der Waals surface area (Å²) in [7, 11) is 0. The summed E-state index contributed by atoms with van der Waals surface area (Å²) in [6.45, 7) is 4.12. The van der Waals surface area contributed by atoms with Crippen LogP contribution in [0.25, 0.3) is 11.0 Å². The van der Waals surface area contributed by atoms with Crippen LogP contribution in [0.1, 0.15) is 6.42 Å².